The molecule has 2 heteroatoms. The second-order valence-corrected chi connectivity index (χ2v) is 6.04. The number of halogens is 1. The van der Waals surface area contributed by atoms with Crippen LogP contribution in [0.25, 0.3) is 0 Å². The highest BCUT2D eigenvalue weighted by Gasteiger charge is 2.46. The Bertz CT molecular complexity index is 363. The van der Waals surface area contributed by atoms with Gasteiger partial charge in [-0.1, -0.05) is 34.5 Å². The lowest BCUT2D eigenvalue weighted by Crippen LogP contribution is -2.58. The SMILES string of the molecule is Brc1cccc(CN2CC3(CCC3)C2)c1. The van der Waals surface area contributed by atoms with Crippen molar-refractivity contribution in [1.29, 1.82) is 0 Å². The van der Waals surface area contributed by atoms with Gasteiger partial charge in [-0.3, -0.25) is 4.90 Å². The molecule has 2 fully saturated rings. The van der Waals surface area contributed by atoms with Crippen molar-refractivity contribution in [3.8, 4) is 0 Å². The molecule has 1 aromatic carbocycles. The van der Waals surface area contributed by atoms with E-state index < -0.39 is 0 Å². The van der Waals surface area contributed by atoms with Crippen molar-refractivity contribution in [2.45, 2.75) is 25.8 Å². The van der Waals surface area contributed by atoms with Crippen LogP contribution in [0.3, 0.4) is 0 Å². The van der Waals surface area contributed by atoms with Gasteiger partial charge in [-0.15, -0.1) is 0 Å². The molecule has 0 aromatic heterocycles. The van der Waals surface area contributed by atoms with Crippen LogP contribution >= 0.6 is 15.9 Å². The minimum absolute atomic E-state index is 0.756. The third kappa shape index (κ3) is 1.85. The monoisotopic (exact) mass is 265 g/mol. The highest BCUT2D eigenvalue weighted by molar-refractivity contribution is 9.10. The number of hydrogen-bond acceptors (Lipinski definition) is 1. The zero-order valence-corrected chi connectivity index (χ0v) is 10.5. The zero-order chi connectivity index (χ0) is 10.3. The molecule has 0 atom stereocenters. The van der Waals surface area contributed by atoms with Crippen LogP contribution in [0.5, 0.6) is 0 Å². The summed E-state index contributed by atoms with van der Waals surface area (Å²) in [7, 11) is 0. The maximum Gasteiger partial charge on any atom is 0.0234 e. The van der Waals surface area contributed by atoms with Crippen molar-refractivity contribution in [2.24, 2.45) is 5.41 Å². The predicted molar refractivity (Wildman–Crippen MR) is 65.7 cm³/mol. The first kappa shape index (κ1) is 9.86. The number of benzene rings is 1. The smallest absolute Gasteiger partial charge is 0.0234 e. The Kier molecular flexibility index (Phi) is 2.37. The van der Waals surface area contributed by atoms with Crippen LogP contribution in [0.4, 0.5) is 0 Å². The van der Waals surface area contributed by atoms with Gasteiger partial charge in [-0.2, -0.15) is 0 Å². The Morgan fingerprint density at radius 1 is 1.27 bits per heavy atom. The van der Waals surface area contributed by atoms with E-state index in [0.29, 0.717) is 0 Å². The van der Waals surface area contributed by atoms with Crippen LogP contribution in [0.2, 0.25) is 0 Å². The maximum absolute atomic E-state index is 3.52. The van der Waals surface area contributed by atoms with Gasteiger partial charge in [-0.25, -0.2) is 0 Å². The van der Waals surface area contributed by atoms with Crippen molar-refractivity contribution < 1.29 is 0 Å². The van der Waals surface area contributed by atoms with Crippen molar-refractivity contribution in [3.63, 3.8) is 0 Å². The predicted octanol–water partition coefficient (Wildman–Crippen LogP) is 3.44. The summed E-state index contributed by atoms with van der Waals surface area (Å²) in [5, 5.41) is 0. The molecule has 0 N–H and O–H groups in total. The van der Waals surface area contributed by atoms with Crippen LogP contribution < -0.4 is 0 Å². The fourth-order valence-corrected chi connectivity index (χ4v) is 3.35. The molecule has 0 radical (unpaired) electrons. The van der Waals surface area contributed by atoms with Crippen LogP contribution in [0.15, 0.2) is 28.7 Å². The number of nitrogens with zero attached hydrogens (tertiary/aromatic N) is 1. The molecule has 3 rings (SSSR count). The molecule has 1 nitrogen and oxygen atoms in total. The molecule has 15 heavy (non-hydrogen) atoms. The van der Waals surface area contributed by atoms with Crippen molar-refractivity contribution in [2.75, 3.05) is 13.1 Å². The van der Waals surface area contributed by atoms with Crippen LogP contribution in [0, 0.1) is 5.41 Å². The largest absolute Gasteiger partial charge is 0.298 e. The number of likely N-dealkylation sites (tertiary alicyclic amines) is 1. The normalized spacial score (nSPS) is 23.5. The standard InChI is InChI=1S/C13H16BrN/c14-12-4-1-3-11(7-12)8-15-9-13(10-15)5-2-6-13/h1,3-4,7H,2,5-6,8-10H2. The van der Waals surface area contributed by atoms with Crippen LogP contribution in [-0.4, -0.2) is 18.0 Å². The van der Waals surface area contributed by atoms with E-state index in [0.717, 1.165) is 12.0 Å². The zero-order valence-electron chi connectivity index (χ0n) is 8.88. The Hall–Kier alpha value is -0.340. The molecule has 1 spiro atoms. The summed E-state index contributed by atoms with van der Waals surface area (Å²) < 4.78 is 1.19. The van der Waals surface area contributed by atoms with Crippen LogP contribution in [-0.2, 0) is 6.54 Å². The van der Waals surface area contributed by atoms with E-state index in [1.165, 1.54) is 42.4 Å². The average Bonchev–Trinajstić information content (AvgIpc) is 2.07. The topological polar surface area (TPSA) is 3.24 Å². The van der Waals surface area contributed by atoms with Gasteiger partial charge in [-0.05, 0) is 36.0 Å². The lowest BCUT2D eigenvalue weighted by molar-refractivity contribution is -0.0645. The summed E-state index contributed by atoms with van der Waals surface area (Å²) in [5.74, 6) is 0. The van der Waals surface area contributed by atoms with Crippen LogP contribution in [0.1, 0.15) is 24.8 Å². The molecular formula is C13H16BrN. The molecule has 1 saturated carbocycles. The Morgan fingerprint density at radius 3 is 2.67 bits per heavy atom. The van der Waals surface area contributed by atoms with Gasteiger partial charge in [0.2, 0.25) is 0 Å². The van der Waals surface area contributed by atoms with Gasteiger partial charge >= 0.3 is 0 Å². The van der Waals surface area contributed by atoms with Gasteiger partial charge in [0.1, 0.15) is 0 Å². The van der Waals surface area contributed by atoms with Gasteiger partial charge < -0.3 is 0 Å². The second-order valence-electron chi connectivity index (χ2n) is 5.13. The molecule has 1 aromatic rings. The minimum atomic E-state index is 0.756. The maximum atomic E-state index is 3.52. The number of rotatable bonds is 2. The van der Waals surface area contributed by atoms with E-state index in [1.54, 1.807) is 0 Å². The Labute approximate surface area is 99.6 Å². The Morgan fingerprint density at radius 2 is 2.07 bits per heavy atom. The van der Waals surface area contributed by atoms with Crippen molar-refractivity contribution >= 4 is 15.9 Å². The molecule has 1 heterocycles. The minimum Gasteiger partial charge on any atom is -0.298 e. The second kappa shape index (κ2) is 3.60. The third-order valence-corrected chi connectivity index (χ3v) is 4.32. The highest BCUT2D eigenvalue weighted by atomic mass is 79.9. The first-order valence-corrected chi connectivity index (χ1v) is 6.52. The molecule has 80 valence electrons. The molecule has 1 saturated heterocycles. The first-order chi connectivity index (χ1) is 7.26. The van der Waals surface area contributed by atoms with Crippen molar-refractivity contribution in [3.05, 3.63) is 34.3 Å². The third-order valence-electron chi connectivity index (χ3n) is 3.83. The molecule has 0 unspecified atom stereocenters. The summed E-state index contributed by atoms with van der Waals surface area (Å²) in [5.41, 5.74) is 2.19. The lowest BCUT2D eigenvalue weighted by atomic mass is 9.63. The summed E-state index contributed by atoms with van der Waals surface area (Å²) in [6.45, 7) is 3.79. The highest BCUT2D eigenvalue weighted by Crippen LogP contribution is 2.48. The fourth-order valence-electron chi connectivity index (χ4n) is 2.90. The molecule has 0 bridgehead atoms. The van der Waals surface area contributed by atoms with E-state index in [4.69, 9.17) is 0 Å². The molecule has 0 amide bonds. The summed E-state index contributed by atoms with van der Waals surface area (Å²) in [4.78, 5) is 2.57. The van der Waals surface area contributed by atoms with Gasteiger partial charge in [0.15, 0.2) is 0 Å². The molecular weight excluding hydrogens is 250 g/mol. The number of hydrogen-bond donors (Lipinski definition) is 0. The first-order valence-electron chi connectivity index (χ1n) is 5.73. The average molecular weight is 266 g/mol. The van der Waals surface area contributed by atoms with Gasteiger partial charge in [0.25, 0.3) is 0 Å². The molecule has 1 aliphatic carbocycles. The Balaban J connectivity index is 1.58. The van der Waals surface area contributed by atoms with Gasteiger partial charge in [0, 0.05) is 24.1 Å². The summed E-state index contributed by atoms with van der Waals surface area (Å²) in [6.07, 6.45) is 4.41. The quantitative estimate of drug-likeness (QED) is 0.792. The molecule has 1 aliphatic heterocycles. The van der Waals surface area contributed by atoms with E-state index in [1.807, 2.05) is 0 Å². The molecule has 2 aliphatic rings. The fraction of sp³-hybridized carbons (Fsp3) is 0.538. The summed E-state index contributed by atoms with van der Waals surface area (Å²) in [6, 6.07) is 8.66. The van der Waals surface area contributed by atoms with E-state index in [2.05, 4.69) is 45.1 Å². The van der Waals surface area contributed by atoms with Gasteiger partial charge in [0.05, 0.1) is 0 Å². The lowest BCUT2D eigenvalue weighted by Gasteiger charge is -2.56. The van der Waals surface area contributed by atoms with Crippen molar-refractivity contribution in [1.82, 2.24) is 4.90 Å². The van der Waals surface area contributed by atoms with E-state index in [-0.39, 0.29) is 0 Å². The summed E-state index contributed by atoms with van der Waals surface area (Å²) >= 11 is 3.52. The van der Waals surface area contributed by atoms with E-state index >= 15 is 0 Å². The van der Waals surface area contributed by atoms with E-state index in [9.17, 15) is 0 Å².